The third-order valence-electron chi connectivity index (χ3n) is 3.96. The van der Waals surface area contributed by atoms with Gasteiger partial charge in [-0.2, -0.15) is 0 Å². The fourth-order valence-corrected chi connectivity index (χ4v) is 3.21. The van der Waals surface area contributed by atoms with Crippen LogP contribution in [0.4, 0.5) is 0 Å². The number of nitrogens with zero attached hydrogens (tertiary/aromatic N) is 2. The molecule has 0 unspecified atom stereocenters. The van der Waals surface area contributed by atoms with E-state index < -0.39 is 0 Å². The van der Waals surface area contributed by atoms with Gasteiger partial charge in [0.05, 0.1) is 11.4 Å². The third kappa shape index (κ3) is 1.27. The maximum absolute atomic E-state index is 2.54. The highest BCUT2D eigenvalue weighted by Gasteiger charge is 2.30. The molecule has 86 valence electrons. The van der Waals surface area contributed by atoms with Crippen LogP contribution in [-0.2, 0) is 0 Å². The zero-order valence-corrected chi connectivity index (χ0v) is 9.89. The van der Waals surface area contributed by atoms with Gasteiger partial charge in [-0.05, 0) is 30.1 Å². The molecular weight excluding hydrogens is 208 g/mol. The summed E-state index contributed by atoms with van der Waals surface area (Å²) < 4.78 is 0. The number of hydrogen-bond donors (Lipinski definition) is 0. The Balaban J connectivity index is 1.96. The Morgan fingerprint density at radius 2 is 2.12 bits per heavy atom. The maximum atomic E-state index is 2.54. The van der Waals surface area contributed by atoms with Crippen LogP contribution in [0.15, 0.2) is 59.1 Å². The minimum atomic E-state index is 1.07. The smallest absolute Gasteiger partial charge is 0.0685 e. The molecule has 1 aliphatic carbocycles. The molecule has 0 fully saturated rings. The molecule has 2 heteroatoms. The molecule has 0 aromatic heterocycles. The molecule has 0 atom stereocenters. The summed E-state index contributed by atoms with van der Waals surface area (Å²) in [5.41, 5.74) is 5.83. The highest BCUT2D eigenvalue weighted by Crippen LogP contribution is 2.39. The average molecular weight is 224 g/mol. The summed E-state index contributed by atoms with van der Waals surface area (Å²) in [6.07, 6.45) is 16.0. The molecule has 4 aliphatic rings. The van der Waals surface area contributed by atoms with E-state index in [1.54, 1.807) is 0 Å². The van der Waals surface area contributed by atoms with Gasteiger partial charge in [-0.1, -0.05) is 24.3 Å². The first-order valence-corrected chi connectivity index (χ1v) is 6.44. The molecule has 17 heavy (non-hydrogen) atoms. The van der Waals surface area contributed by atoms with Gasteiger partial charge in [-0.3, -0.25) is 0 Å². The lowest BCUT2D eigenvalue weighted by Crippen LogP contribution is -2.30. The molecule has 0 radical (unpaired) electrons. The van der Waals surface area contributed by atoms with Crippen LogP contribution < -0.4 is 0 Å². The van der Waals surface area contributed by atoms with Gasteiger partial charge in [0, 0.05) is 25.8 Å². The molecule has 0 saturated carbocycles. The Morgan fingerprint density at radius 3 is 3.12 bits per heavy atom. The van der Waals surface area contributed by atoms with Crippen molar-refractivity contribution in [2.24, 2.45) is 0 Å². The third-order valence-corrected chi connectivity index (χ3v) is 3.96. The van der Waals surface area contributed by atoms with E-state index in [0.717, 1.165) is 19.5 Å². The highest BCUT2D eigenvalue weighted by atomic mass is 15.2. The summed E-state index contributed by atoms with van der Waals surface area (Å²) in [6.45, 7) is 3.40. The molecule has 3 aliphatic heterocycles. The van der Waals surface area contributed by atoms with Gasteiger partial charge in [0.15, 0.2) is 0 Å². The Morgan fingerprint density at radius 1 is 1.12 bits per heavy atom. The first-order chi connectivity index (χ1) is 8.43. The van der Waals surface area contributed by atoms with Crippen LogP contribution in [0.2, 0.25) is 0 Å². The lowest BCUT2D eigenvalue weighted by molar-refractivity contribution is 0.380. The number of hydrogen-bond acceptors (Lipinski definition) is 2. The van der Waals surface area contributed by atoms with E-state index in [1.165, 1.54) is 35.5 Å². The van der Waals surface area contributed by atoms with E-state index in [4.69, 9.17) is 0 Å². The predicted molar refractivity (Wildman–Crippen MR) is 69.0 cm³/mol. The van der Waals surface area contributed by atoms with E-state index in [9.17, 15) is 0 Å². The summed E-state index contributed by atoms with van der Waals surface area (Å²) in [5.74, 6) is 0. The van der Waals surface area contributed by atoms with E-state index in [-0.39, 0.29) is 0 Å². The van der Waals surface area contributed by atoms with E-state index >= 15 is 0 Å². The van der Waals surface area contributed by atoms with Gasteiger partial charge in [0.1, 0.15) is 0 Å². The molecule has 0 saturated heterocycles. The van der Waals surface area contributed by atoms with Crippen molar-refractivity contribution in [3.63, 3.8) is 0 Å². The zero-order chi connectivity index (χ0) is 11.2. The number of rotatable bonds is 0. The van der Waals surface area contributed by atoms with Crippen LogP contribution in [0.1, 0.15) is 12.8 Å². The van der Waals surface area contributed by atoms with Crippen molar-refractivity contribution in [2.75, 3.05) is 19.6 Å². The van der Waals surface area contributed by atoms with Crippen LogP contribution in [0.5, 0.6) is 0 Å². The largest absolute Gasteiger partial charge is 0.366 e. The van der Waals surface area contributed by atoms with Crippen molar-refractivity contribution in [3.8, 4) is 0 Å². The molecule has 0 amide bonds. The van der Waals surface area contributed by atoms with Crippen LogP contribution in [0.25, 0.3) is 0 Å². The van der Waals surface area contributed by atoms with E-state index in [2.05, 4.69) is 46.4 Å². The van der Waals surface area contributed by atoms with Crippen molar-refractivity contribution < 1.29 is 0 Å². The molecule has 0 bridgehead atoms. The normalized spacial score (nSPS) is 25.4. The first kappa shape index (κ1) is 9.34. The summed E-state index contributed by atoms with van der Waals surface area (Å²) in [7, 11) is 0. The molecule has 0 aromatic carbocycles. The summed E-state index contributed by atoms with van der Waals surface area (Å²) in [4.78, 5) is 4.98. The fourth-order valence-electron chi connectivity index (χ4n) is 3.21. The molecule has 0 N–H and O–H groups in total. The minimum Gasteiger partial charge on any atom is -0.366 e. The molecule has 0 spiro atoms. The van der Waals surface area contributed by atoms with Crippen molar-refractivity contribution in [1.29, 1.82) is 0 Å². The summed E-state index contributed by atoms with van der Waals surface area (Å²) in [6, 6.07) is 0. The average Bonchev–Trinajstić information content (AvgIpc) is 2.57. The summed E-state index contributed by atoms with van der Waals surface area (Å²) in [5, 5.41) is 0. The second-order valence-corrected chi connectivity index (χ2v) is 4.99. The van der Waals surface area contributed by atoms with Crippen LogP contribution >= 0.6 is 0 Å². The van der Waals surface area contributed by atoms with E-state index in [0.29, 0.717) is 0 Å². The molecule has 0 aromatic rings. The lowest BCUT2D eigenvalue weighted by atomic mass is 9.91. The Hall–Kier alpha value is -1.70. The Kier molecular flexibility index (Phi) is 1.87. The Bertz CT molecular complexity index is 517. The molecule has 2 nitrogen and oxygen atoms in total. The predicted octanol–water partition coefficient (Wildman–Crippen LogP) is 2.56. The van der Waals surface area contributed by atoms with E-state index in [1.807, 2.05) is 0 Å². The highest BCUT2D eigenvalue weighted by molar-refractivity contribution is 5.56. The van der Waals surface area contributed by atoms with Crippen LogP contribution in [0, 0.1) is 0 Å². The second kappa shape index (κ2) is 3.39. The topological polar surface area (TPSA) is 6.48 Å². The monoisotopic (exact) mass is 224 g/mol. The van der Waals surface area contributed by atoms with Gasteiger partial charge in [0.25, 0.3) is 0 Å². The summed E-state index contributed by atoms with van der Waals surface area (Å²) >= 11 is 0. The zero-order valence-electron chi connectivity index (χ0n) is 9.89. The molecule has 4 rings (SSSR count). The standard InChI is InChI=1S/C15H16N2/c1-4-12-6-7-13-5-2-9-17-11-3-10-16(8-1)14(12)15(13)17/h1-2,4-6,9H,3,7-8,10-11H2. The fraction of sp³-hybridized carbons (Fsp3) is 0.333. The van der Waals surface area contributed by atoms with Gasteiger partial charge in [0.2, 0.25) is 0 Å². The number of allylic oxidation sites excluding steroid dienone is 5. The minimum absolute atomic E-state index is 1.07. The first-order valence-electron chi connectivity index (χ1n) is 6.44. The van der Waals surface area contributed by atoms with Crippen LogP contribution in [-0.4, -0.2) is 29.4 Å². The molecule has 3 heterocycles. The second-order valence-electron chi connectivity index (χ2n) is 4.99. The SMILES string of the molecule is C1=CN2CCCN3CC=CC4=CCC(=C1)C2=C43. The molecular formula is C15H16N2. The Labute approximate surface area is 102 Å². The maximum Gasteiger partial charge on any atom is 0.0685 e. The van der Waals surface area contributed by atoms with Crippen molar-refractivity contribution in [3.05, 3.63) is 59.1 Å². The van der Waals surface area contributed by atoms with Gasteiger partial charge in [-0.25, -0.2) is 0 Å². The van der Waals surface area contributed by atoms with Crippen molar-refractivity contribution in [1.82, 2.24) is 9.80 Å². The van der Waals surface area contributed by atoms with Gasteiger partial charge < -0.3 is 9.80 Å². The van der Waals surface area contributed by atoms with Gasteiger partial charge in [-0.15, -0.1) is 0 Å². The van der Waals surface area contributed by atoms with Crippen molar-refractivity contribution in [2.45, 2.75) is 12.8 Å². The quantitative estimate of drug-likeness (QED) is 0.624. The van der Waals surface area contributed by atoms with Crippen LogP contribution in [0.3, 0.4) is 0 Å². The van der Waals surface area contributed by atoms with Crippen molar-refractivity contribution >= 4 is 0 Å². The lowest BCUT2D eigenvalue weighted by Gasteiger charge is -2.36. The van der Waals surface area contributed by atoms with Gasteiger partial charge >= 0.3 is 0 Å².